The first-order valence-corrected chi connectivity index (χ1v) is 10.3. The lowest BCUT2D eigenvalue weighted by molar-refractivity contribution is 0.0571. The first-order chi connectivity index (χ1) is 15.0. The summed E-state index contributed by atoms with van der Waals surface area (Å²) in [7, 11) is 0. The number of carbonyl (C=O) groups is 2. The van der Waals surface area contributed by atoms with Crippen LogP contribution in [0.3, 0.4) is 0 Å². The average Bonchev–Trinajstić information content (AvgIpc) is 2.81. The van der Waals surface area contributed by atoms with E-state index in [0.29, 0.717) is 55.1 Å². The van der Waals surface area contributed by atoms with Gasteiger partial charge in [0.25, 0.3) is 5.91 Å². The van der Waals surface area contributed by atoms with E-state index >= 15 is 0 Å². The van der Waals surface area contributed by atoms with Gasteiger partial charge in [-0.15, -0.1) is 0 Å². The molecule has 3 aromatic rings. The quantitative estimate of drug-likeness (QED) is 0.646. The van der Waals surface area contributed by atoms with Crippen molar-refractivity contribution in [3.05, 3.63) is 69.9 Å². The van der Waals surface area contributed by atoms with E-state index in [4.69, 9.17) is 9.15 Å². The molecule has 2 heterocycles. The Morgan fingerprint density at radius 3 is 2.32 bits per heavy atom. The molecule has 160 valence electrons. The van der Waals surface area contributed by atoms with Crippen molar-refractivity contribution in [1.82, 2.24) is 9.80 Å². The Bertz CT molecular complexity index is 1180. The molecule has 0 atom stereocenters. The number of hydrogen-bond donors (Lipinski definition) is 0. The van der Waals surface area contributed by atoms with E-state index in [0.717, 1.165) is 5.56 Å². The Morgan fingerprint density at radius 1 is 0.968 bits per heavy atom. The van der Waals surface area contributed by atoms with Gasteiger partial charge in [0.15, 0.2) is 11.0 Å². The zero-order chi connectivity index (χ0) is 22.0. The van der Waals surface area contributed by atoms with Crippen LogP contribution in [0.25, 0.3) is 22.3 Å². The number of piperazine rings is 1. The van der Waals surface area contributed by atoms with Crippen molar-refractivity contribution in [2.24, 2.45) is 0 Å². The number of carbonyl (C=O) groups excluding carboxylic acids is 2. The molecule has 0 N–H and O–H groups in total. The second kappa shape index (κ2) is 8.63. The Labute approximate surface area is 179 Å². The number of nitrogens with zero attached hydrogens (tertiary/aromatic N) is 2. The Morgan fingerprint density at radius 2 is 1.65 bits per heavy atom. The molecule has 7 nitrogen and oxygen atoms in total. The van der Waals surface area contributed by atoms with E-state index in [2.05, 4.69) is 0 Å². The van der Waals surface area contributed by atoms with Crippen LogP contribution in [0.4, 0.5) is 4.79 Å². The van der Waals surface area contributed by atoms with Crippen molar-refractivity contribution in [3.63, 3.8) is 0 Å². The van der Waals surface area contributed by atoms with Gasteiger partial charge in [0.1, 0.15) is 5.76 Å². The van der Waals surface area contributed by atoms with Crippen LogP contribution in [-0.4, -0.2) is 54.6 Å². The molecule has 7 heteroatoms. The fourth-order valence-corrected chi connectivity index (χ4v) is 3.82. The van der Waals surface area contributed by atoms with E-state index in [1.807, 2.05) is 30.3 Å². The monoisotopic (exact) mass is 420 g/mol. The number of rotatable bonds is 3. The SMILES string of the molecule is CCOC(=O)N1CCN(C(=O)c2cccc3c(=O)c(C)c(-c4ccccc4)oc23)CC1. The molecule has 0 unspecified atom stereocenters. The Balaban J connectivity index is 1.68. The molecule has 0 bridgehead atoms. The minimum absolute atomic E-state index is 0.151. The summed E-state index contributed by atoms with van der Waals surface area (Å²) < 4.78 is 11.2. The molecule has 0 saturated carbocycles. The molecule has 0 spiro atoms. The minimum atomic E-state index is -0.367. The summed E-state index contributed by atoms with van der Waals surface area (Å²) in [5.74, 6) is 0.241. The topological polar surface area (TPSA) is 80.1 Å². The van der Waals surface area contributed by atoms with Crippen molar-refractivity contribution in [2.75, 3.05) is 32.8 Å². The molecule has 2 amide bonds. The molecule has 1 fully saturated rings. The van der Waals surface area contributed by atoms with Gasteiger partial charge in [-0.05, 0) is 26.0 Å². The highest BCUT2D eigenvalue weighted by Gasteiger charge is 2.27. The maximum atomic E-state index is 13.3. The lowest BCUT2D eigenvalue weighted by atomic mass is 10.0. The van der Waals surface area contributed by atoms with Crippen LogP contribution >= 0.6 is 0 Å². The Kier molecular flexibility index (Phi) is 5.75. The largest absolute Gasteiger partial charge is 0.455 e. The summed E-state index contributed by atoms with van der Waals surface area (Å²) in [6.07, 6.45) is -0.367. The molecular weight excluding hydrogens is 396 g/mol. The van der Waals surface area contributed by atoms with Gasteiger partial charge in [0.05, 0.1) is 17.6 Å². The van der Waals surface area contributed by atoms with Crippen molar-refractivity contribution in [3.8, 4) is 11.3 Å². The van der Waals surface area contributed by atoms with Crippen molar-refractivity contribution in [2.45, 2.75) is 13.8 Å². The van der Waals surface area contributed by atoms with Gasteiger partial charge in [0, 0.05) is 37.3 Å². The molecular formula is C24H24N2O5. The second-order valence-electron chi connectivity index (χ2n) is 7.41. The van der Waals surface area contributed by atoms with Crippen LogP contribution in [0.15, 0.2) is 57.7 Å². The van der Waals surface area contributed by atoms with Gasteiger partial charge in [0.2, 0.25) is 0 Å². The molecule has 1 aromatic heterocycles. The first-order valence-electron chi connectivity index (χ1n) is 10.3. The molecule has 31 heavy (non-hydrogen) atoms. The molecule has 2 aromatic carbocycles. The van der Waals surface area contributed by atoms with Gasteiger partial charge in [-0.1, -0.05) is 36.4 Å². The summed E-state index contributed by atoms with van der Waals surface area (Å²) in [5.41, 5.74) is 1.77. The highest BCUT2D eigenvalue weighted by Crippen LogP contribution is 2.28. The number of fused-ring (bicyclic) bond motifs is 1. The number of benzene rings is 2. The highest BCUT2D eigenvalue weighted by molar-refractivity contribution is 6.05. The van der Waals surface area contributed by atoms with Crippen LogP contribution in [0, 0.1) is 6.92 Å². The minimum Gasteiger partial charge on any atom is -0.455 e. The maximum Gasteiger partial charge on any atom is 0.409 e. The van der Waals surface area contributed by atoms with Gasteiger partial charge in [-0.3, -0.25) is 9.59 Å². The van der Waals surface area contributed by atoms with Crippen molar-refractivity contribution >= 4 is 23.0 Å². The average molecular weight is 420 g/mol. The summed E-state index contributed by atoms with van der Waals surface area (Å²) in [4.78, 5) is 41.5. The van der Waals surface area contributed by atoms with Gasteiger partial charge < -0.3 is 19.0 Å². The summed E-state index contributed by atoms with van der Waals surface area (Å²) in [6.45, 7) is 5.37. The van der Waals surface area contributed by atoms with Crippen molar-refractivity contribution < 1.29 is 18.7 Å². The lowest BCUT2D eigenvalue weighted by Crippen LogP contribution is -2.50. The number of amides is 2. The van der Waals surface area contributed by atoms with Crippen LogP contribution in [0.5, 0.6) is 0 Å². The van der Waals surface area contributed by atoms with E-state index in [9.17, 15) is 14.4 Å². The normalized spacial score (nSPS) is 14.0. The summed E-state index contributed by atoms with van der Waals surface area (Å²) in [6, 6.07) is 14.4. The predicted molar refractivity (Wildman–Crippen MR) is 117 cm³/mol. The van der Waals surface area contributed by atoms with Crippen LogP contribution in [0.1, 0.15) is 22.8 Å². The van der Waals surface area contributed by atoms with Crippen LogP contribution < -0.4 is 5.43 Å². The van der Waals surface area contributed by atoms with Gasteiger partial charge in [-0.2, -0.15) is 0 Å². The third-order valence-corrected chi connectivity index (χ3v) is 5.50. The zero-order valence-corrected chi connectivity index (χ0v) is 17.6. The van der Waals surface area contributed by atoms with E-state index in [-0.39, 0.29) is 23.0 Å². The second-order valence-corrected chi connectivity index (χ2v) is 7.41. The lowest BCUT2D eigenvalue weighted by Gasteiger charge is -2.34. The number of para-hydroxylation sites is 1. The molecule has 1 saturated heterocycles. The standard InChI is InChI=1S/C24H24N2O5/c1-3-30-24(29)26-14-12-25(13-15-26)23(28)19-11-7-10-18-20(27)16(2)21(31-22(18)19)17-8-5-4-6-9-17/h4-11H,3,12-15H2,1-2H3. The van der Waals surface area contributed by atoms with E-state index in [1.165, 1.54) is 0 Å². The number of hydrogen-bond acceptors (Lipinski definition) is 5. The van der Waals surface area contributed by atoms with Gasteiger partial charge >= 0.3 is 6.09 Å². The van der Waals surface area contributed by atoms with Crippen LogP contribution in [0.2, 0.25) is 0 Å². The molecule has 4 rings (SSSR count). The summed E-state index contributed by atoms with van der Waals surface area (Å²) >= 11 is 0. The Hall–Kier alpha value is -3.61. The third-order valence-electron chi connectivity index (χ3n) is 5.50. The fraction of sp³-hybridized carbons (Fsp3) is 0.292. The predicted octanol–water partition coefficient (Wildman–Crippen LogP) is 3.68. The molecule has 0 aliphatic carbocycles. The van der Waals surface area contributed by atoms with Crippen LogP contribution in [-0.2, 0) is 4.74 Å². The summed E-state index contributed by atoms with van der Waals surface area (Å²) in [5, 5.41) is 0.383. The van der Waals surface area contributed by atoms with Gasteiger partial charge in [-0.25, -0.2) is 4.79 Å². The molecule has 1 aliphatic heterocycles. The zero-order valence-electron chi connectivity index (χ0n) is 17.6. The van der Waals surface area contributed by atoms with E-state index in [1.54, 1.807) is 41.8 Å². The maximum absolute atomic E-state index is 13.3. The highest BCUT2D eigenvalue weighted by atomic mass is 16.6. The molecule has 1 aliphatic rings. The number of ether oxygens (including phenoxy) is 1. The third kappa shape index (κ3) is 3.91. The first kappa shape index (κ1) is 20.7. The smallest absolute Gasteiger partial charge is 0.409 e. The van der Waals surface area contributed by atoms with Crippen molar-refractivity contribution in [1.29, 1.82) is 0 Å². The van der Waals surface area contributed by atoms with E-state index < -0.39 is 0 Å². The molecule has 0 radical (unpaired) electrons. The fourth-order valence-electron chi connectivity index (χ4n) is 3.82.